The summed E-state index contributed by atoms with van der Waals surface area (Å²) in [6, 6.07) is 6.35. The van der Waals surface area contributed by atoms with Crippen LogP contribution < -0.4 is 5.32 Å². The predicted octanol–water partition coefficient (Wildman–Crippen LogP) is 3.39. The lowest BCUT2D eigenvalue weighted by Gasteiger charge is -2.63. The number of carbonyl (C=O) groups is 1. The molecule has 2 fully saturated rings. The first-order valence-corrected chi connectivity index (χ1v) is 12.5. The van der Waals surface area contributed by atoms with Crippen LogP contribution in [-0.4, -0.2) is 66.3 Å². The number of hydrogen-bond acceptors (Lipinski definition) is 5. The highest BCUT2D eigenvalue weighted by atomic mass is 16.3. The molecule has 1 saturated heterocycles. The van der Waals surface area contributed by atoms with E-state index in [9.17, 15) is 9.90 Å². The molecule has 1 aromatic carbocycles. The Bertz CT molecular complexity index is 1090. The molecule has 2 N–H and O–H groups in total. The van der Waals surface area contributed by atoms with Crippen LogP contribution >= 0.6 is 0 Å². The van der Waals surface area contributed by atoms with Gasteiger partial charge in [0, 0.05) is 56.5 Å². The van der Waals surface area contributed by atoms with Crippen molar-refractivity contribution >= 4 is 12.1 Å². The lowest BCUT2D eigenvalue weighted by molar-refractivity contribution is -0.129. The van der Waals surface area contributed by atoms with E-state index in [0.717, 1.165) is 25.3 Å². The van der Waals surface area contributed by atoms with Crippen LogP contribution in [0.3, 0.4) is 0 Å². The molecule has 5 rings (SSSR count). The Morgan fingerprint density at radius 2 is 2.24 bits per heavy atom. The molecule has 0 radical (unpaired) electrons. The Morgan fingerprint density at radius 3 is 2.94 bits per heavy atom. The lowest BCUT2D eigenvalue weighted by Crippen LogP contribution is -2.65. The number of likely N-dealkylation sites (tertiary alicyclic amines) is 1. The number of nitrogens with zero attached hydrogens (tertiary/aromatic N) is 3. The molecular weight excluding hydrogens is 424 g/mol. The Kier molecular flexibility index (Phi) is 5.88. The number of fused-ring (bicyclic) bond motifs is 1. The normalized spacial score (nSPS) is 28.9. The van der Waals surface area contributed by atoms with Crippen molar-refractivity contribution in [3.63, 3.8) is 0 Å². The smallest absolute Gasteiger partial charge is 0.273 e. The van der Waals surface area contributed by atoms with Gasteiger partial charge in [0.05, 0.1) is 0 Å². The molecule has 4 aliphatic rings. The molecule has 1 amide bonds. The quantitative estimate of drug-likeness (QED) is 0.355. The number of piperidine rings is 1. The van der Waals surface area contributed by atoms with Gasteiger partial charge >= 0.3 is 0 Å². The van der Waals surface area contributed by atoms with Gasteiger partial charge in [-0.15, -0.1) is 0 Å². The van der Waals surface area contributed by atoms with Gasteiger partial charge in [-0.2, -0.15) is 0 Å². The van der Waals surface area contributed by atoms with Crippen LogP contribution in [0.4, 0.5) is 0 Å². The summed E-state index contributed by atoms with van der Waals surface area (Å²) < 4.78 is 0. The van der Waals surface area contributed by atoms with Crippen LogP contribution in [0, 0.1) is 11.8 Å². The first-order valence-electron chi connectivity index (χ1n) is 12.5. The van der Waals surface area contributed by atoms with E-state index >= 15 is 0 Å². The number of aliphatic imine (C=N–C) groups is 1. The molecule has 0 aromatic heterocycles. The van der Waals surface area contributed by atoms with Gasteiger partial charge in [-0.3, -0.25) is 9.69 Å². The largest absolute Gasteiger partial charge is 0.508 e. The molecule has 3 aliphatic carbocycles. The molecule has 180 valence electrons. The van der Waals surface area contributed by atoms with E-state index in [1.165, 1.54) is 36.1 Å². The van der Waals surface area contributed by atoms with Crippen LogP contribution in [-0.2, 0) is 16.6 Å². The molecule has 1 saturated carbocycles. The number of rotatable bonds is 8. The summed E-state index contributed by atoms with van der Waals surface area (Å²) in [4.78, 5) is 22.1. The minimum Gasteiger partial charge on any atom is -0.508 e. The second kappa shape index (κ2) is 8.73. The minimum absolute atomic E-state index is 0.0145. The van der Waals surface area contributed by atoms with Gasteiger partial charge in [0.1, 0.15) is 11.4 Å². The third-order valence-electron chi connectivity index (χ3n) is 8.48. The van der Waals surface area contributed by atoms with Gasteiger partial charge in [0.25, 0.3) is 5.91 Å². The minimum atomic E-state index is -0.118. The van der Waals surface area contributed by atoms with Crippen molar-refractivity contribution in [3.05, 3.63) is 65.5 Å². The highest BCUT2D eigenvalue weighted by Crippen LogP contribution is 2.61. The summed E-state index contributed by atoms with van der Waals surface area (Å²) in [5.41, 5.74) is 4.36. The summed E-state index contributed by atoms with van der Waals surface area (Å²) >= 11 is 0. The molecule has 4 atom stereocenters. The van der Waals surface area contributed by atoms with Crippen molar-refractivity contribution in [3.8, 4) is 5.75 Å². The van der Waals surface area contributed by atoms with Gasteiger partial charge in [-0.25, -0.2) is 4.99 Å². The molecule has 6 nitrogen and oxygen atoms in total. The van der Waals surface area contributed by atoms with Gasteiger partial charge in [0.2, 0.25) is 0 Å². The molecule has 1 aliphatic heterocycles. The SMILES string of the molecule is C=CC=N/C(=C\NC)C(=O)N(C)C(C)C1C=C2C3Cc4ccc(O)cc4C21CCN3CC1CC1. The van der Waals surface area contributed by atoms with E-state index in [1.54, 1.807) is 25.5 Å². The number of phenolic OH excluding ortho intramolecular Hbond substituents is 1. The Balaban J connectivity index is 1.48. The highest BCUT2D eigenvalue weighted by Gasteiger charge is 2.60. The summed E-state index contributed by atoms with van der Waals surface area (Å²) in [5, 5.41) is 13.3. The zero-order valence-electron chi connectivity index (χ0n) is 20.5. The molecule has 1 heterocycles. The first-order chi connectivity index (χ1) is 16.4. The number of carbonyl (C=O) groups excluding carboxylic acids is 1. The standard InChI is InChI=1S/C28H36N4O2/c1-5-11-30-25(16-29-3)27(34)31(4)18(2)22-15-24-26-13-20-8-9-21(33)14-23(20)28(22,24)10-12-32(26)17-19-6-7-19/h5,8-9,11,14-16,18-19,22,26,29,33H,1,6-7,10,12-13,17H2,2-4H3/b25-16-,30-11?. The summed E-state index contributed by atoms with van der Waals surface area (Å²) in [5.74, 6) is 1.27. The first kappa shape index (κ1) is 22.9. The Labute approximate surface area is 202 Å². The number of benzene rings is 1. The number of amides is 1. The summed E-state index contributed by atoms with van der Waals surface area (Å²) in [7, 11) is 3.63. The number of nitrogens with one attached hydrogen (secondary N) is 1. The van der Waals surface area contributed by atoms with Crippen molar-refractivity contribution in [1.29, 1.82) is 0 Å². The fraction of sp³-hybridized carbons (Fsp3) is 0.500. The second-order valence-electron chi connectivity index (χ2n) is 10.4. The van der Waals surface area contributed by atoms with E-state index in [4.69, 9.17) is 0 Å². The number of hydrogen-bond donors (Lipinski definition) is 2. The predicted molar refractivity (Wildman–Crippen MR) is 136 cm³/mol. The fourth-order valence-corrected chi connectivity index (χ4v) is 6.48. The van der Waals surface area contributed by atoms with E-state index in [-0.39, 0.29) is 23.3 Å². The van der Waals surface area contributed by atoms with Gasteiger partial charge in [0.15, 0.2) is 0 Å². The van der Waals surface area contributed by atoms with Crippen molar-refractivity contribution in [2.75, 3.05) is 27.2 Å². The zero-order chi connectivity index (χ0) is 24.0. The van der Waals surface area contributed by atoms with Crippen LogP contribution in [0.2, 0.25) is 0 Å². The molecule has 0 spiro atoms. The number of phenols is 1. The van der Waals surface area contributed by atoms with Crippen LogP contribution in [0.1, 0.15) is 37.3 Å². The number of allylic oxidation sites excluding steroid dienone is 1. The van der Waals surface area contributed by atoms with Crippen molar-refractivity contribution in [2.45, 2.75) is 50.1 Å². The fourth-order valence-electron chi connectivity index (χ4n) is 6.48. The molecular formula is C28H36N4O2. The maximum Gasteiger partial charge on any atom is 0.273 e. The average molecular weight is 461 g/mol. The summed E-state index contributed by atoms with van der Waals surface area (Å²) in [6.45, 7) is 8.07. The van der Waals surface area contributed by atoms with Gasteiger partial charge in [-0.1, -0.05) is 24.8 Å². The van der Waals surface area contributed by atoms with Crippen LogP contribution in [0.5, 0.6) is 5.75 Å². The lowest BCUT2D eigenvalue weighted by atomic mass is 9.47. The van der Waals surface area contributed by atoms with Crippen molar-refractivity contribution in [2.24, 2.45) is 16.8 Å². The van der Waals surface area contributed by atoms with E-state index in [2.05, 4.69) is 40.9 Å². The highest BCUT2D eigenvalue weighted by molar-refractivity contribution is 5.95. The van der Waals surface area contributed by atoms with Crippen molar-refractivity contribution < 1.29 is 9.90 Å². The number of aromatic hydroxyl groups is 1. The van der Waals surface area contributed by atoms with Crippen LogP contribution in [0.25, 0.3) is 0 Å². The Morgan fingerprint density at radius 1 is 1.44 bits per heavy atom. The number of likely N-dealkylation sites (N-methyl/N-ethyl adjacent to an activating group) is 1. The Hall–Kier alpha value is -2.86. The third kappa shape index (κ3) is 3.59. The molecule has 2 bridgehead atoms. The molecule has 4 unspecified atom stereocenters. The monoisotopic (exact) mass is 460 g/mol. The zero-order valence-corrected chi connectivity index (χ0v) is 20.5. The topological polar surface area (TPSA) is 68.2 Å². The molecule has 6 heteroatoms. The van der Waals surface area contributed by atoms with Gasteiger partial charge < -0.3 is 15.3 Å². The average Bonchev–Trinajstić information content (AvgIpc) is 3.62. The third-order valence-corrected chi connectivity index (χ3v) is 8.48. The van der Waals surface area contributed by atoms with E-state index < -0.39 is 0 Å². The molecule has 34 heavy (non-hydrogen) atoms. The van der Waals surface area contributed by atoms with Crippen molar-refractivity contribution in [1.82, 2.24) is 15.1 Å². The summed E-state index contributed by atoms with van der Waals surface area (Å²) in [6.07, 6.45) is 11.9. The molecule has 1 aromatic rings. The van der Waals surface area contributed by atoms with E-state index in [1.807, 2.05) is 24.1 Å². The van der Waals surface area contributed by atoms with Crippen LogP contribution in [0.15, 0.2) is 59.4 Å². The maximum atomic E-state index is 13.3. The maximum absolute atomic E-state index is 13.3. The van der Waals surface area contributed by atoms with E-state index in [0.29, 0.717) is 17.5 Å². The second-order valence-corrected chi connectivity index (χ2v) is 10.4. The van der Waals surface area contributed by atoms with Gasteiger partial charge in [-0.05, 0) is 73.9 Å².